The van der Waals surface area contributed by atoms with E-state index >= 15 is 0 Å². The van der Waals surface area contributed by atoms with Crippen molar-refractivity contribution in [2.75, 3.05) is 5.32 Å². The third-order valence-electron chi connectivity index (χ3n) is 3.97. The third kappa shape index (κ3) is 3.94. The lowest BCUT2D eigenvalue weighted by Crippen LogP contribution is -2.11. The minimum absolute atomic E-state index is 0.0612. The summed E-state index contributed by atoms with van der Waals surface area (Å²) >= 11 is 0. The zero-order chi connectivity index (χ0) is 15.2. The largest absolute Gasteiger partial charge is 0.322 e. The summed E-state index contributed by atoms with van der Waals surface area (Å²) in [5, 5.41) is 2.94. The van der Waals surface area contributed by atoms with Crippen LogP contribution in [-0.2, 0) is 6.42 Å². The lowest BCUT2D eigenvalue weighted by Gasteiger charge is -2.10. The van der Waals surface area contributed by atoms with E-state index in [0.29, 0.717) is 11.5 Å². The zero-order valence-corrected chi connectivity index (χ0v) is 13.0. The summed E-state index contributed by atoms with van der Waals surface area (Å²) in [7, 11) is 0. The van der Waals surface area contributed by atoms with E-state index in [1.165, 1.54) is 11.1 Å². The maximum Gasteiger partial charge on any atom is 0.255 e. The highest BCUT2D eigenvalue weighted by Crippen LogP contribution is 2.20. The molecule has 1 unspecified atom stereocenters. The molecule has 0 aliphatic heterocycles. The van der Waals surface area contributed by atoms with Crippen LogP contribution in [-0.4, -0.2) is 5.91 Å². The Hall–Kier alpha value is -2.09. The van der Waals surface area contributed by atoms with Crippen LogP contribution in [0.3, 0.4) is 0 Å². The van der Waals surface area contributed by atoms with Crippen LogP contribution >= 0.6 is 0 Å². The van der Waals surface area contributed by atoms with Gasteiger partial charge in [-0.15, -0.1) is 0 Å². The molecule has 1 amide bonds. The number of rotatable bonds is 5. The molecule has 2 heteroatoms. The number of aryl methyl sites for hydroxylation is 1. The molecule has 0 fully saturated rings. The Kier molecular flexibility index (Phi) is 5.15. The SMILES string of the molecule is CCc1ccc(C(=O)Nc2ccc(C(C)CC)cc2)cc1. The molecule has 0 heterocycles. The third-order valence-corrected chi connectivity index (χ3v) is 3.97. The van der Waals surface area contributed by atoms with Crippen LogP contribution in [0.2, 0.25) is 0 Å². The molecule has 110 valence electrons. The van der Waals surface area contributed by atoms with Gasteiger partial charge < -0.3 is 5.32 Å². The summed E-state index contributed by atoms with van der Waals surface area (Å²) in [5.41, 5.74) is 4.08. The van der Waals surface area contributed by atoms with Crippen LogP contribution in [0.1, 0.15) is 54.6 Å². The molecule has 0 radical (unpaired) electrons. The highest BCUT2D eigenvalue weighted by Gasteiger charge is 2.07. The number of nitrogens with one attached hydrogen (secondary N) is 1. The number of hydrogen-bond donors (Lipinski definition) is 1. The Morgan fingerprint density at radius 3 is 2.14 bits per heavy atom. The predicted octanol–water partition coefficient (Wildman–Crippen LogP) is 5.01. The van der Waals surface area contributed by atoms with E-state index in [1.54, 1.807) is 0 Å². The molecule has 1 atom stereocenters. The number of anilines is 1. The molecule has 2 rings (SSSR count). The zero-order valence-electron chi connectivity index (χ0n) is 13.0. The molecule has 0 aliphatic rings. The van der Waals surface area contributed by atoms with Crippen molar-refractivity contribution in [3.8, 4) is 0 Å². The molecular formula is C19H23NO. The monoisotopic (exact) mass is 281 g/mol. The molecule has 2 nitrogen and oxygen atoms in total. The van der Waals surface area contributed by atoms with E-state index in [2.05, 4.69) is 38.2 Å². The van der Waals surface area contributed by atoms with Crippen molar-refractivity contribution in [1.29, 1.82) is 0 Å². The van der Waals surface area contributed by atoms with Gasteiger partial charge in [-0.25, -0.2) is 0 Å². The van der Waals surface area contributed by atoms with Crippen LogP contribution in [0, 0.1) is 0 Å². The van der Waals surface area contributed by atoms with Gasteiger partial charge in [-0.1, -0.05) is 45.0 Å². The van der Waals surface area contributed by atoms with Crippen molar-refractivity contribution in [1.82, 2.24) is 0 Å². The summed E-state index contributed by atoms with van der Waals surface area (Å²) in [6.07, 6.45) is 2.11. The number of hydrogen-bond acceptors (Lipinski definition) is 1. The second-order valence-electron chi connectivity index (χ2n) is 5.44. The van der Waals surface area contributed by atoms with Crippen molar-refractivity contribution < 1.29 is 4.79 Å². The smallest absolute Gasteiger partial charge is 0.255 e. The fourth-order valence-corrected chi connectivity index (χ4v) is 2.23. The summed E-state index contributed by atoms with van der Waals surface area (Å²) in [4.78, 5) is 12.2. The van der Waals surface area contributed by atoms with Crippen molar-refractivity contribution in [3.63, 3.8) is 0 Å². The van der Waals surface area contributed by atoms with E-state index in [-0.39, 0.29) is 5.91 Å². The van der Waals surface area contributed by atoms with Crippen LogP contribution in [0.25, 0.3) is 0 Å². The van der Waals surface area contributed by atoms with Crippen molar-refractivity contribution in [3.05, 3.63) is 65.2 Å². The summed E-state index contributed by atoms with van der Waals surface area (Å²) < 4.78 is 0. The van der Waals surface area contributed by atoms with Crippen LogP contribution in [0.5, 0.6) is 0 Å². The van der Waals surface area contributed by atoms with Gasteiger partial charge in [-0.3, -0.25) is 4.79 Å². The molecule has 0 aromatic heterocycles. The normalized spacial score (nSPS) is 12.0. The Bertz CT molecular complexity index is 584. The van der Waals surface area contributed by atoms with Gasteiger partial charge in [0.15, 0.2) is 0 Å². The topological polar surface area (TPSA) is 29.1 Å². The number of amides is 1. The predicted molar refractivity (Wildman–Crippen MR) is 88.9 cm³/mol. The maximum atomic E-state index is 12.2. The van der Waals surface area contributed by atoms with Gasteiger partial charge in [0.25, 0.3) is 5.91 Å². The van der Waals surface area contributed by atoms with Crippen molar-refractivity contribution >= 4 is 11.6 Å². The molecule has 0 aliphatic carbocycles. The van der Waals surface area contributed by atoms with Crippen molar-refractivity contribution in [2.45, 2.75) is 39.5 Å². The molecule has 0 bridgehead atoms. The first-order valence-corrected chi connectivity index (χ1v) is 7.64. The first-order valence-electron chi connectivity index (χ1n) is 7.64. The molecule has 0 saturated carbocycles. The molecule has 0 spiro atoms. The van der Waals surface area contributed by atoms with Gasteiger partial charge in [0.2, 0.25) is 0 Å². The van der Waals surface area contributed by atoms with E-state index in [0.717, 1.165) is 18.5 Å². The van der Waals surface area contributed by atoms with Crippen LogP contribution < -0.4 is 5.32 Å². The van der Waals surface area contributed by atoms with Gasteiger partial charge in [-0.05, 0) is 54.2 Å². The van der Waals surface area contributed by atoms with Crippen LogP contribution in [0.4, 0.5) is 5.69 Å². The van der Waals surface area contributed by atoms with E-state index in [4.69, 9.17) is 0 Å². The lowest BCUT2D eigenvalue weighted by atomic mass is 9.98. The minimum atomic E-state index is -0.0612. The summed E-state index contributed by atoms with van der Waals surface area (Å²) in [5.74, 6) is 0.491. The van der Waals surface area contributed by atoms with E-state index in [9.17, 15) is 4.79 Å². The Labute approximate surface area is 127 Å². The first-order chi connectivity index (χ1) is 10.1. The highest BCUT2D eigenvalue weighted by atomic mass is 16.1. The maximum absolute atomic E-state index is 12.2. The fourth-order valence-electron chi connectivity index (χ4n) is 2.23. The van der Waals surface area contributed by atoms with Gasteiger partial charge in [0.05, 0.1) is 0 Å². The Morgan fingerprint density at radius 2 is 1.62 bits per heavy atom. The van der Waals surface area contributed by atoms with Gasteiger partial charge in [0.1, 0.15) is 0 Å². The van der Waals surface area contributed by atoms with E-state index < -0.39 is 0 Å². The molecule has 0 saturated heterocycles. The number of carbonyl (C=O) groups excluding carboxylic acids is 1. The summed E-state index contributed by atoms with van der Waals surface area (Å²) in [6.45, 7) is 6.50. The Balaban J connectivity index is 2.04. The second-order valence-corrected chi connectivity index (χ2v) is 5.44. The molecule has 21 heavy (non-hydrogen) atoms. The average Bonchev–Trinajstić information content (AvgIpc) is 2.55. The molecule has 2 aromatic carbocycles. The minimum Gasteiger partial charge on any atom is -0.322 e. The average molecular weight is 281 g/mol. The quantitative estimate of drug-likeness (QED) is 0.819. The standard InChI is InChI=1S/C19H23NO/c1-4-14(3)16-10-12-18(13-11-16)20-19(21)17-8-6-15(5-2)7-9-17/h6-14H,4-5H2,1-3H3,(H,20,21). The molecule has 2 aromatic rings. The molecule has 1 N–H and O–H groups in total. The van der Waals surface area contributed by atoms with Gasteiger partial charge in [0, 0.05) is 11.3 Å². The second kappa shape index (κ2) is 7.07. The lowest BCUT2D eigenvalue weighted by molar-refractivity contribution is 0.102. The first kappa shape index (κ1) is 15.3. The number of carbonyl (C=O) groups is 1. The van der Waals surface area contributed by atoms with E-state index in [1.807, 2.05) is 36.4 Å². The van der Waals surface area contributed by atoms with Crippen LogP contribution in [0.15, 0.2) is 48.5 Å². The van der Waals surface area contributed by atoms with Crippen molar-refractivity contribution in [2.24, 2.45) is 0 Å². The Morgan fingerprint density at radius 1 is 1.00 bits per heavy atom. The highest BCUT2D eigenvalue weighted by molar-refractivity contribution is 6.04. The van der Waals surface area contributed by atoms with Gasteiger partial charge >= 0.3 is 0 Å². The number of benzene rings is 2. The summed E-state index contributed by atoms with van der Waals surface area (Å²) in [6, 6.07) is 15.9. The van der Waals surface area contributed by atoms with Gasteiger partial charge in [-0.2, -0.15) is 0 Å². The molecular weight excluding hydrogens is 258 g/mol. The fraction of sp³-hybridized carbons (Fsp3) is 0.316.